The fraction of sp³-hybridized carbons (Fsp3) is 0.192. The maximum atomic E-state index is 12.4. The summed E-state index contributed by atoms with van der Waals surface area (Å²) in [4.78, 5) is 12.4. The third-order valence-electron chi connectivity index (χ3n) is 4.80. The van der Waals surface area contributed by atoms with Gasteiger partial charge in [-0.05, 0) is 53.3 Å². The molecule has 0 aromatic heterocycles. The molecule has 3 rings (SSSR count). The Labute approximate surface area is 173 Å². The van der Waals surface area contributed by atoms with Crippen LogP contribution in [0.2, 0.25) is 0 Å². The molecule has 0 heterocycles. The van der Waals surface area contributed by atoms with Gasteiger partial charge in [-0.3, -0.25) is 4.79 Å². The normalized spacial score (nSPS) is 10.8. The lowest BCUT2D eigenvalue weighted by atomic mass is 10.0. The summed E-state index contributed by atoms with van der Waals surface area (Å²) in [7, 11) is 0. The number of para-hydroxylation sites is 1. The van der Waals surface area contributed by atoms with E-state index in [0.29, 0.717) is 6.61 Å². The van der Waals surface area contributed by atoms with E-state index in [1.807, 2.05) is 66.7 Å². The molecular weight excluding hydrogens is 358 g/mol. The van der Waals surface area contributed by atoms with Gasteiger partial charge in [-0.15, -0.1) is 0 Å². The highest BCUT2D eigenvalue weighted by molar-refractivity contribution is 6.02. The lowest BCUT2D eigenvalue weighted by molar-refractivity contribution is -0.111. The molecule has 0 atom stereocenters. The van der Waals surface area contributed by atoms with Gasteiger partial charge >= 0.3 is 0 Å². The molecule has 3 heteroatoms. The molecule has 0 aliphatic carbocycles. The van der Waals surface area contributed by atoms with Crippen LogP contribution in [0.5, 0.6) is 5.75 Å². The highest BCUT2D eigenvalue weighted by Crippen LogP contribution is 2.22. The fourth-order valence-electron chi connectivity index (χ4n) is 3.16. The van der Waals surface area contributed by atoms with Crippen LogP contribution in [0, 0.1) is 0 Å². The summed E-state index contributed by atoms with van der Waals surface area (Å²) in [6.45, 7) is 4.73. The number of hydrogen-bond acceptors (Lipinski definition) is 2. The number of ether oxygens (including phenoxy) is 1. The van der Waals surface area contributed by atoms with Gasteiger partial charge in [0.1, 0.15) is 12.4 Å². The van der Waals surface area contributed by atoms with E-state index in [9.17, 15) is 4.79 Å². The van der Waals surface area contributed by atoms with E-state index in [4.69, 9.17) is 4.74 Å². The zero-order chi connectivity index (χ0) is 20.5. The average Bonchev–Trinajstić information content (AvgIpc) is 2.77. The van der Waals surface area contributed by atoms with Crippen molar-refractivity contribution in [3.8, 4) is 5.75 Å². The van der Waals surface area contributed by atoms with Gasteiger partial charge in [-0.2, -0.15) is 0 Å². The molecule has 3 aromatic rings. The van der Waals surface area contributed by atoms with E-state index in [2.05, 4.69) is 31.3 Å². The Hall–Kier alpha value is -3.33. The van der Waals surface area contributed by atoms with E-state index in [1.54, 1.807) is 6.08 Å². The second-order valence-electron chi connectivity index (χ2n) is 6.82. The Bertz CT molecular complexity index is 938. The van der Waals surface area contributed by atoms with Gasteiger partial charge in [-0.1, -0.05) is 74.5 Å². The van der Waals surface area contributed by atoms with Crippen LogP contribution in [-0.2, 0) is 24.2 Å². The van der Waals surface area contributed by atoms with Crippen LogP contribution in [0.4, 0.5) is 5.69 Å². The number of carbonyl (C=O) groups is 1. The third-order valence-corrected chi connectivity index (χ3v) is 4.80. The number of amides is 1. The van der Waals surface area contributed by atoms with Crippen LogP contribution in [0.25, 0.3) is 6.08 Å². The summed E-state index contributed by atoms with van der Waals surface area (Å²) in [5.74, 6) is 0.685. The maximum Gasteiger partial charge on any atom is 0.248 e. The van der Waals surface area contributed by atoms with Gasteiger partial charge in [0.25, 0.3) is 0 Å². The zero-order valence-corrected chi connectivity index (χ0v) is 17.0. The van der Waals surface area contributed by atoms with Crippen molar-refractivity contribution in [1.29, 1.82) is 0 Å². The molecule has 0 bridgehead atoms. The summed E-state index contributed by atoms with van der Waals surface area (Å²) in [5, 5.41) is 3.05. The Morgan fingerprint density at radius 3 is 2.14 bits per heavy atom. The summed E-state index contributed by atoms with van der Waals surface area (Å²) in [6, 6.07) is 24.0. The summed E-state index contributed by atoms with van der Waals surface area (Å²) in [5.41, 5.74) is 5.34. The van der Waals surface area contributed by atoms with Crippen LogP contribution in [0.15, 0.2) is 78.9 Å². The number of rotatable bonds is 8. The van der Waals surface area contributed by atoms with E-state index >= 15 is 0 Å². The van der Waals surface area contributed by atoms with E-state index in [1.165, 1.54) is 0 Å². The lowest BCUT2D eigenvalue weighted by Gasteiger charge is -2.13. The Morgan fingerprint density at radius 2 is 1.52 bits per heavy atom. The van der Waals surface area contributed by atoms with Crippen LogP contribution < -0.4 is 10.1 Å². The minimum absolute atomic E-state index is 0.120. The summed E-state index contributed by atoms with van der Waals surface area (Å²) < 4.78 is 5.80. The molecule has 0 aliphatic rings. The number of aryl methyl sites for hydroxylation is 2. The molecule has 0 radical (unpaired) electrons. The standard InChI is InChI=1S/C26H27NO2/c1-3-22-11-8-12-23(4-2)26(22)27-25(28)18-15-20-13-16-24(17-14-20)29-19-21-9-6-5-7-10-21/h5-18H,3-4,19H2,1-2H3,(H,27,28). The highest BCUT2D eigenvalue weighted by atomic mass is 16.5. The van der Waals surface area contributed by atoms with Crippen molar-refractivity contribution in [3.63, 3.8) is 0 Å². The molecule has 1 amide bonds. The Kier molecular flexibility index (Phi) is 7.23. The number of anilines is 1. The second kappa shape index (κ2) is 10.3. The van der Waals surface area contributed by atoms with Gasteiger partial charge in [0.15, 0.2) is 0 Å². The molecule has 0 aliphatic heterocycles. The summed E-state index contributed by atoms with van der Waals surface area (Å²) in [6.07, 6.45) is 5.16. The van der Waals surface area contributed by atoms with E-state index in [-0.39, 0.29) is 5.91 Å². The van der Waals surface area contributed by atoms with Gasteiger partial charge in [0, 0.05) is 11.8 Å². The average molecular weight is 386 g/mol. The van der Waals surface area contributed by atoms with Gasteiger partial charge in [0.05, 0.1) is 0 Å². The van der Waals surface area contributed by atoms with Crippen LogP contribution in [0.3, 0.4) is 0 Å². The molecule has 0 saturated carbocycles. The molecule has 1 N–H and O–H groups in total. The lowest BCUT2D eigenvalue weighted by Crippen LogP contribution is -2.11. The maximum absolute atomic E-state index is 12.4. The van der Waals surface area contributed by atoms with Crippen LogP contribution >= 0.6 is 0 Å². The Morgan fingerprint density at radius 1 is 0.862 bits per heavy atom. The van der Waals surface area contributed by atoms with Crippen molar-refractivity contribution < 1.29 is 9.53 Å². The van der Waals surface area contributed by atoms with Crippen molar-refractivity contribution in [2.24, 2.45) is 0 Å². The largest absolute Gasteiger partial charge is 0.489 e. The van der Waals surface area contributed by atoms with Crippen molar-refractivity contribution >= 4 is 17.7 Å². The van der Waals surface area contributed by atoms with Gasteiger partial charge < -0.3 is 10.1 Å². The number of benzene rings is 3. The minimum Gasteiger partial charge on any atom is -0.489 e. The number of hydrogen-bond donors (Lipinski definition) is 1. The van der Waals surface area contributed by atoms with E-state index < -0.39 is 0 Å². The molecule has 0 unspecified atom stereocenters. The minimum atomic E-state index is -0.120. The number of carbonyl (C=O) groups excluding carboxylic acids is 1. The van der Waals surface area contributed by atoms with Gasteiger partial charge in [0.2, 0.25) is 5.91 Å². The molecule has 3 aromatic carbocycles. The quantitative estimate of drug-likeness (QED) is 0.480. The molecule has 29 heavy (non-hydrogen) atoms. The topological polar surface area (TPSA) is 38.3 Å². The van der Waals surface area contributed by atoms with Crippen LogP contribution in [0.1, 0.15) is 36.1 Å². The smallest absolute Gasteiger partial charge is 0.248 e. The Balaban J connectivity index is 1.59. The molecule has 0 spiro atoms. The van der Waals surface area contributed by atoms with Gasteiger partial charge in [-0.25, -0.2) is 0 Å². The predicted octanol–water partition coefficient (Wildman–Crippen LogP) is 6.04. The van der Waals surface area contributed by atoms with Crippen molar-refractivity contribution in [3.05, 3.63) is 101 Å². The molecule has 3 nitrogen and oxygen atoms in total. The first-order valence-electron chi connectivity index (χ1n) is 10.1. The highest BCUT2D eigenvalue weighted by Gasteiger charge is 2.08. The first-order valence-corrected chi connectivity index (χ1v) is 10.1. The van der Waals surface area contributed by atoms with Crippen molar-refractivity contribution in [1.82, 2.24) is 0 Å². The third kappa shape index (κ3) is 5.82. The number of nitrogens with one attached hydrogen (secondary N) is 1. The molecular formula is C26H27NO2. The first-order chi connectivity index (χ1) is 14.2. The van der Waals surface area contributed by atoms with E-state index in [0.717, 1.165) is 46.5 Å². The zero-order valence-electron chi connectivity index (χ0n) is 17.0. The monoisotopic (exact) mass is 385 g/mol. The molecule has 148 valence electrons. The first kappa shape index (κ1) is 20.4. The van der Waals surface area contributed by atoms with Crippen LogP contribution in [-0.4, -0.2) is 5.91 Å². The SMILES string of the molecule is CCc1cccc(CC)c1NC(=O)C=Cc1ccc(OCc2ccccc2)cc1. The van der Waals surface area contributed by atoms with Crippen molar-refractivity contribution in [2.45, 2.75) is 33.3 Å². The fourth-order valence-corrected chi connectivity index (χ4v) is 3.16. The summed E-state index contributed by atoms with van der Waals surface area (Å²) >= 11 is 0. The second-order valence-corrected chi connectivity index (χ2v) is 6.82. The van der Waals surface area contributed by atoms with Crippen molar-refractivity contribution in [2.75, 3.05) is 5.32 Å². The predicted molar refractivity (Wildman–Crippen MR) is 120 cm³/mol. The molecule has 0 saturated heterocycles. The molecule has 0 fully saturated rings.